The summed E-state index contributed by atoms with van der Waals surface area (Å²) < 4.78 is 13.2. The fraction of sp³-hybridized carbons (Fsp3) is 0.231. The van der Waals surface area contributed by atoms with Crippen molar-refractivity contribution < 1.29 is 4.39 Å². The second-order valence-electron chi connectivity index (χ2n) is 3.72. The quantitative estimate of drug-likeness (QED) is 0.848. The van der Waals surface area contributed by atoms with Crippen LogP contribution < -0.4 is 5.32 Å². The summed E-state index contributed by atoms with van der Waals surface area (Å²) in [5.41, 5.74) is 1.53. The van der Waals surface area contributed by atoms with Gasteiger partial charge in [-0.2, -0.15) is 0 Å². The molecule has 1 aromatic carbocycles. The monoisotopic (exact) mass is 235 g/mol. The molecule has 0 unspecified atom stereocenters. The lowest BCUT2D eigenvalue weighted by Gasteiger charge is -2.06. The lowest BCUT2D eigenvalue weighted by molar-refractivity contribution is 0.619. The molecule has 0 saturated heterocycles. The first-order valence-corrected chi connectivity index (χ1v) is 6.16. The molecule has 0 bridgehead atoms. The van der Waals surface area contributed by atoms with Crippen molar-refractivity contribution in [3.8, 4) is 0 Å². The summed E-state index contributed by atoms with van der Waals surface area (Å²) in [5, 5.41) is 5.29. The van der Waals surface area contributed by atoms with Crippen LogP contribution in [0.5, 0.6) is 0 Å². The fourth-order valence-electron chi connectivity index (χ4n) is 1.49. The largest absolute Gasteiger partial charge is 0.385 e. The van der Waals surface area contributed by atoms with Crippen LogP contribution in [0.25, 0.3) is 0 Å². The third-order valence-electron chi connectivity index (χ3n) is 2.45. The third kappa shape index (κ3) is 2.83. The lowest BCUT2D eigenvalue weighted by atomic mass is 10.2. The zero-order chi connectivity index (χ0) is 11.4. The molecule has 84 valence electrons. The number of thiophene rings is 1. The van der Waals surface area contributed by atoms with E-state index in [1.165, 1.54) is 4.88 Å². The van der Waals surface area contributed by atoms with Gasteiger partial charge in [-0.15, -0.1) is 11.3 Å². The first-order chi connectivity index (χ1) is 7.75. The average molecular weight is 235 g/mol. The van der Waals surface area contributed by atoms with E-state index in [4.69, 9.17) is 0 Å². The van der Waals surface area contributed by atoms with Crippen LogP contribution in [0.15, 0.2) is 35.7 Å². The molecule has 0 atom stereocenters. The van der Waals surface area contributed by atoms with Gasteiger partial charge in [0.15, 0.2) is 0 Å². The van der Waals surface area contributed by atoms with Crippen LogP contribution in [-0.2, 0) is 6.42 Å². The van der Waals surface area contributed by atoms with Crippen LogP contribution in [0.4, 0.5) is 10.1 Å². The van der Waals surface area contributed by atoms with Gasteiger partial charge < -0.3 is 5.32 Å². The predicted octanol–water partition coefficient (Wildman–Crippen LogP) is 3.85. The molecule has 3 heteroatoms. The molecule has 2 aromatic rings. The van der Waals surface area contributed by atoms with E-state index in [-0.39, 0.29) is 5.82 Å². The summed E-state index contributed by atoms with van der Waals surface area (Å²) in [6, 6.07) is 9.41. The van der Waals surface area contributed by atoms with Crippen molar-refractivity contribution in [2.75, 3.05) is 11.9 Å². The first-order valence-electron chi connectivity index (χ1n) is 5.28. The highest BCUT2D eigenvalue weighted by Crippen LogP contribution is 2.14. The molecular weight excluding hydrogens is 221 g/mol. The molecule has 1 heterocycles. The van der Waals surface area contributed by atoms with Crippen LogP contribution in [0, 0.1) is 12.7 Å². The minimum absolute atomic E-state index is 0.152. The number of hydrogen-bond donors (Lipinski definition) is 1. The molecular formula is C13H14FNS. The van der Waals surface area contributed by atoms with E-state index >= 15 is 0 Å². The van der Waals surface area contributed by atoms with Gasteiger partial charge >= 0.3 is 0 Å². The molecule has 1 aromatic heterocycles. The van der Waals surface area contributed by atoms with Gasteiger partial charge in [0.1, 0.15) is 5.82 Å². The Morgan fingerprint density at radius 1 is 1.31 bits per heavy atom. The highest BCUT2D eigenvalue weighted by molar-refractivity contribution is 7.09. The maximum absolute atomic E-state index is 13.2. The molecule has 0 aliphatic heterocycles. The predicted molar refractivity (Wildman–Crippen MR) is 67.6 cm³/mol. The Morgan fingerprint density at radius 3 is 2.88 bits per heavy atom. The Bertz CT molecular complexity index is 451. The normalized spacial score (nSPS) is 10.4. The Hall–Kier alpha value is -1.35. The van der Waals surface area contributed by atoms with E-state index in [0.29, 0.717) is 5.56 Å². The molecule has 0 aliphatic rings. The minimum atomic E-state index is -0.152. The molecule has 0 aliphatic carbocycles. The van der Waals surface area contributed by atoms with Crippen molar-refractivity contribution in [3.63, 3.8) is 0 Å². The number of anilines is 1. The lowest BCUT2D eigenvalue weighted by Crippen LogP contribution is -2.04. The molecule has 0 fully saturated rings. The van der Waals surface area contributed by atoms with Crippen LogP contribution in [0.1, 0.15) is 10.4 Å². The molecule has 1 N–H and O–H groups in total. The molecule has 0 amide bonds. The number of halogens is 1. The van der Waals surface area contributed by atoms with E-state index in [0.717, 1.165) is 18.7 Å². The van der Waals surface area contributed by atoms with E-state index in [1.807, 2.05) is 12.1 Å². The molecule has 16 heavy (non-hydrogen) atoms. The standard InChI is InChI=1S/C13H14FNS/c1-10-4-5-11(9-13(10)14)15-7-6-12-3-2-8-16-12/h2-5,8-9,15H,6-7H2,1H3. The van der Waals surface area contributed by atoms with E-state index < -0.39 is 0 Å². The van der Waals surface area contributed by atoms with Gasteiger partial charge in [-0.1, -0.05) is 12.1 Å². The Balaban J connectivity index is 1.87. The second kappa shape index (κ2) is 5.12. The second-order valence-corrected chi connectivity index (χ2v) is 4.75. The molecule has 0 radical (unpaired) electrons. The van der Waals surface area contributed by atoms with E-state index in [9.17, 15) is 4.39 Å². The highest BCUT2D eigenvalue weighted by atomic mass is 32.1. The molecule has 2 rings (SSSR count). The van der Waals surface area contributed by atoms with E-state index in [2.05, 4.69) is 16.8 Å². The van der Waals surface area contributed by atoms with Gasteiger partial charge in [-0.3, -0.25) is 0 Å². The highest BCUT2D eigenvalue weighted by Gasteiger charge is 1.99. The van der Waals surface area contributed by atoms with Crippen LogP contribution in [-0.4, -0.2) is 6.54 Å². The number of rotatable bonds is 4. The Kier molecular flexibility index (Phi) is 3.57. The first kappa shape index (κ1) is 11.1. The summed E-state index contributed by atoms with van der Waals surface area (Å²) in [6.45, 7) is 2.60. The van der Waals surface area contributed by atoms with Gasteiger partial charge in [0, 0.05) is 17.1 Å². The molecule has 0 saturated carbocycles. The van der Waals surface area contributed by atoms with Gasteiger partial charge in [-0.05, 0) is 42.5 Å². The van der Waals surface area contributed by atoms with Crippen molar-refractivity contribution in [1.29, 1.82) is 0 Å². The maximum atomic E-state index is 13.2. The topological polar surface area (TPSA) is 12.0 Å². The summed E-state index contributed by atoms with van der Waals surface area (Å²) in [6.07, 6.45) is 0.979. The van der Waals surface area contributed by atoms with Crippen molar-refractivity contribution >= 4 is 17.0 Å². The van der Waals surface area contributed by atoms with Gasteiger partial charge in [-0.25, -0.2) is 4.39 Å². The van der Waals surface area contributed by atoms with Crippen molar-refractivity contribution in [1.82, 2.24) is 0 Å². The molecule has 1 nitrogen and oxygen atoms in total. The fourth-order valence-corrected chi connectivity index (χ4v) is 2.20. The van der Waals surface area contributed by atoms with Gasteiger partial charge in [0.2, 0.25) is 0 Å². The minimum Gasteiger partial charge on any atom is -0.385 e. The summed E-state index contributed by atoms with van der Waals surface area (Å²) >= 11 is 1.75. The summed E-state index contributed by atoms with van der Waals surface area (Å²) in [5.74, 6) is -0.152. The van der Waals surface area contributed by atoms with Gasteiger partial charge in [0.25, 0.3) is 0 Å². The number of nitrogens with one attached hydrogen (secondary N) is 1. The molecule has 0 spiro atoms. The zero-order valence-corrected chi connectivity index (χ0v) is 9.98. The smallest absolute Gasteiger partial charge is 0.128 e. The number of aryl methyl sites for hydroxylation is 1. The number of benzene rings is 1. The number of hydrogen-bond acceptors (Lipinski definition) is 2. The van der Waals surface area contributed by atoms with Crippen LogP contribution >= 0.6 is 11.3 Å². The van der Waals surface area contributed by atoms with Crippen LogP contribution in [0.2, 0.25) is 0 Å². The SMILES string of the molecule is Cc1ccc(NCCc2cccs2)cc1F. The Morgan fingerprint density at radius 2 is 2.19 bits per heavy atom. The summed E-state index contributed by atoms with van der Waals surface area (Å²) in [4.78, 5) is 1.35. The van der Waals surface area contributed by atoms with Crippen molar-refractivity contribution in [3.05, 3.63) is 52.0 Å². The average Bonchev–Trinajstić information content (AvgIpc) is 2.76. The van der Waals surface area contributed by atoms with Gasteiger partial charge in [0.05, 0.1) is 0 Å². The van der Waals surface area contributed by atoms with Crippen molar-refractivity contribution in [2.45, 2.75) is 13.3 Å². The zero-order valence-electron chi connectivity index (χ0n) is 9.16. The maximum Gasteiger partial charge on any atom is 0.128 e. The van der Waals surface area contributed by atoms with E-state index in [1.54, 1.807) is 30.4 Å². The Labute approximate surface area is 98.9 Å². The summed E-state index contributed by atoms with van der Waals surface area (Å²) in [7, 11) is 0. The van der Waals surface area contributed by atoms with Crippen molar-refractivity contribution in [2.24, 2.45) is 0 Å². The third-order valence-corrected chi connectivity index (χ3v) is 3.39. The van der Waals surface area contributed by atoms with Crippen LogP contribution in [0.3, 0.4) is 0 Å².